The zero-order valence-corrected chi connectivity index (χ0v) is 14.8. The van der Waals surface area contributed by atoms with Crippen molar-refractivity contribution in [1.29, 1.82) is 0 Å². The van der Waals surface area contributed by atoms with Crippen LogP contribution in [-0.2, 0) is 9.59 Å². The molecule has 0 aliphatic rings. The average molecular weight is 314 g/mol. The largest absolute Gasteiger partial charge is 0.342 e. The first-order valence-corrected chi connectivity index (χ1v) is 7.62. The SMILES string of the molecule is CCN(CC)C(=O)CN(C)C(C)C(=O)NC(=O)NC(C)(C)C. The van der Waals surface area contributed by atoms with E-state index >= 15 is 0 Å². The Morgan fingerprint density at radius 2 is 1.59 bits per heavy atom. The van der Waals surface area contributed by atoms with Crippen molar-refractivity contribution in [2.24, 2.45) is 0 Å². The number of carbonyl (C=O) groups excluding carboxylic acids is 3. The van der Waals surface area contributed by atoms with Crippen molar-refractivity contribution in [3.63, 3.8) is 0 Å². The van der Waals surface area contributed by atoms with Crippen molar-refractivity contribution < 1.29 is 14.4 Å². The summed E-state index contributed by atoms with van der Waals surface area (Å²) in [6, 6.07) is -1.11. The predicted octanol–water partition coefficient (Wildman–Crippen LogP) is 0.799. The summed E-state index contributed by atoms with van der Waals surface area (Å²) in [5.74, 6) is -0.470. The predicted molar refractivity (Wildman–Crippen MR) is 86.4 cm³/mol. The van der Waals surface area contributed by atoms with E-state index in [9.17, 15) is 14.4 Å². The van der Waals surface area contributed by atoms with Gasteiger partial charge in [-0.2, -0.15) is 0 Å². The van der Waals surface area contributed by atoms with E-state index in [0.29, 0.717) is 13.1 Å². The molecule has 0 aromatic carbocycles. The van der Waals surface area contributed by atoms with Crippen LogP contribution in [0.15, 0.2) is 0 Å². The van der Waals surface area contributed by atoms with Gasteiger partial charge in [0, 0.05) is 18.6 Å². The minimum absolute atomic E-state index is 0.0358. The van der Waals surface area contributed by atoms with Crippen LogP contribution in [0.25, 0.3) is 0 Å². The van der Waals surface area contributed by atoms with Crippen LogP contribution >= 0.6 is 0 Å². The number of hydrogen-bond donors (Lipinski definition) is 2. The summed E-state index contributed by atoms with van der Waals surface area (Å²) in [6.07, 6.45) is 0. The highest BCUT2D eigenvalue weighted by atomic mass is 16.2. The Morgan fingerprint density at radius 1 is 1.09 bits per heavy atom. The molecule has 0 rings (SSSR count). The monoisotopic (exact) mass is 314 g/mol. The molecule has 0 saturated carbocycles. The number of imide groups is 1. The van der Waals surface area contributed by atoms with Gasteiger partial charge in [0.25, 0.3) is 0 Å². The van der Waals surface area contributed by atoms with Crippen molar-refractivity contribution in [3.8, 4) is 0 Å². The highest BCUT2D eigenvalue weighted by Crippen LogP contribution is 2.00. The Kier molecular flexibility index (Phi) is 8.08. The molecule has 2 N–H and O–H groups in total. The van der Waals surface area contributed by atoms with E-state index < -0.39 is 23.5 Å². The molecule has 22 heavy (non-hydrogen) atoms. The first kappa shape index (κ1) is 20.4. The van der Waals surface area contributed by atoms with Gasteiger partial charge in [0.05, 0.1) is 12.6 Å². The number of nitrogens with zero attached hydrogens (tertiary/aromatic N) is 2. The van der Waals surface area contributed by atoms with Gasteiger partial charge < -0.3 is 10.2 Å². The first-order valence-electron chi connectivity index (χ1n) is 7.62. The van der Waals surface area contributed by atoms with E-state index in [0.717, 1.165) is 0 Å². The van der Waals surface area contributed by atoms with E-state index in [4.69, 9.17) is 0 Å². The quantitative estimate of drug-likeness (QED) is 0.760. The third kappa shape index (κ3) is 7.40. The Morgan fingerprint density at radius 3 is 2.00 bits per heavy atom. The van der Waals surface area contributed by atoms with Crippen LogP contribution in [0.2, 0.25) is 0 Å². The molecule has 0 spiro atoms. The van der Waals surface area contributed by atoms with Gasteiger partial charge >= 0.3 is 6.03 Å². The highest BCUT2D eigenvalue weighted by Gasteiger charge is 2.24. The van der Waals surface area contributed by atoms with Gasteiger partial charge in [0.15, 0.2) is 0 Å². The van der Waals surface area contributed by atoms with Crippen LogP contribution in [0.4, 0.5) is 4.79 Å². The lowest BCUT2D eigenvalue weighted by atomic mass is 10.1. The van der Waals surface area contributed by atoms with Crippen LogP contribution in [0.1, 0.15) is 41.5 Å². The number of likely N-dealkylation sites (N-methyl/N-ethyl adjacent to an activating group) is 2. The summed E-state index contributed by atoms with van der Waals surface area (Å²) in [7, 11) is 1.69. The van der Waals surface area contributed by atoms with E-state index in [1.54, 1.807) is 23.8 Å². The van der Waals surface area contributed by atoms with E-state index in [-0.39, 0.29) is 12.5 Å². The Hall–Kier alpha value is -1.63. The molecule has 0 bridgehead atoms. The molecule has 0 aromatic heterocycles. The summed E-state index contributed by atoms with van der Waals surface area (Å²) in [5, 5.41) is 4.95. The molecule has 7 heteroatoms. The van der Waals surface area contributed by atoms with Crippen LogP contribution < -0.4 is 10.6 Å². The Labute approximate surface area is 133 Å². The van der Waals surface area contributed by atoms with E-state index in [1.807, 2.05) is 34.6 Å². The summed E-state index contributed by atoms with van der Waals surface area (Å²) in [6.45, 7) is 12.4. The molecule has 0 radical (unpaired) electrons. The molecule has 0 aliphatic carbocycles. The third-order valence-electron chi connectivity index (χ3n) is 3.27. The Bertz CT molecular complexity index is 400. The normalized spacial score (nSPS) is 12.7. The fourth-order valence-electron chi connectivity index (χ4n) is 1.81. The molecule has 4 amide bonds. The van der Waals surface area contributed by atoms with Crippen LogP contribution in [0.3, 0.4) is 0 Å². The van der Waals surface area contributed by atoms with Crippen molar-refractivity contribution in [1.82, 2.24) is 20.4 Å². The van der Waals surface area contributed by atoms with Gasteiger partial charge in [-0.3, -0.25) is 19.8 Å². The first-order chi connectivity index (χ1) is 10.0. The number of carbonyl (C=O) groups is 3. The molecule has 0 saturated heterocycles. The van der Waals surface area contributed by atoms with Crippen molar-refractivity contribution in [2.45, 2.75) is 53.1 Å². The number of urea groups is 1. The lowest BCUT2D eigenvalue weighted by molar-refractivity contribution is -0.133. The molecular weight excluding hydrogens is 284 g/mol. The number of amides is 4. The average Bonchev–Trinajstić information content (AvgIpc) is 2.36. The van der Waals surface area contributed by atoms with Gasteiger partial charge in [0.1, 0.15) is 0 Å². The molecule has 0 fully saturated rings. The lowest BCUT2D eigenvalue weighted by Crippen LogP contribution is -2.53. The van der Waals surface area contributed by atoms with Gasteiger partial charge in [-0.1, -0.05) is 0 Å². The molecule has 0 aliphatic heterocycles. The molecule has 0 aromatic rings. The van der Waals surface area contributed by atoms with Gasteiger partial charge in [-0.05, 0) is 48.6 Å². The summed E-state index contributed by atoms with van der Waals surface area (Å²) >= 11 is 0. The van der Waals surface area contributed by atoms with Gasteiger partial charge in [-0.25, -0.2) is 4.79 Å². The second kappa shape index (κ2) is 8.73. The fourth-order valence-corrected chi connectivity index (χ4v) is 1.81. The maximum atomic E-state index is 12.0. The zero-order valence-electron chi connectivity index (χ0n) is 14.8. The molecular formula is C15H30N4O3. The van der Waals surface area contributed by atoms with E-state index in [1.165, 1.54) is 0 Å². The van der Waals surface area contributed by atoms with Crippen LogP contribution in [-0.4, -0.2) is 65.9 Å². The van der Waals surface area contributed by atoms with Crippen molar-refractivity contribution >= 4 is 17.8 Å². The minimum Gasteiger partial charge on any atom is -0.342 e. The summed E-state index contributed by atoms with van der Waals surface area (Å²) in [5.41, 5.74) is -0.418. The molecule has 128 valence electrons. The lowest BCUT2D eigenvalue weighted by Gasteiger charge is -2.27. The highest BCUT2D eigenvalue weighted by molar-refractivity contribution is 5.97. The van der Waals surface area contributed by atoms with Crippen LogP contribution in [0, 0.1) is 0 Å². The minimum atomic E-state index is -0.578. The van der Waals surface area contributed by atoms with Gasteiger partial charge in [-0.15, -0.1) is 0 Å². The third-order valence-corrected chi connectivity index (χ3v) is 3.27. The molecule has 1 atom stereocenters. The van der Waals surface area contributed by atoms with Gasteiger partial charge in [0.2, 0.25) is 11.8 Å². The fraction of sp³-hybridized carbons (Fsp3) is 0.800. The van der Waals surface area contributed by atoms with Crippen molar-refractivity contribution in [2.75, 3.05) is 26.7 Å². The van der Waals surface area contributed by atoms with E-state index in [2.05, 4.69) is 10.6 Å². The standard InChI is InChI=1S/C15H30N4O3/c1-8-19(9-2)12(20)10-18(7)11(3)13(21)16-14(22)17-15(4,5)6/h11H,8-10H2,1-7H3,(H2,16,17,21,22). The molecule has 0 heterocycles. The maximum absolute atomic E-state index is 12.0. The number of nitrogens with one attached hydrogen (secondary N) is 2. The number of hydrogen-bond acceptors (Lipinski definition) is 4. The topological polar surface area (TPSA) is 81.8 Å². The smallest absolute Gasteiger partial charge is 0.321 e. The summed E-state index contributed by atoms with van der Waals surface area (Å²) in [4.78, 5) is 39.1. The second-order valence-electron chi connectivity index (χ2n) is 6.35. The summed E-state index contributed by atoms with van der Waals surface area (Å²) < 4.78 is 0. The molecule has 1 unspecified atom stereocenters. The van der Waals surface area contributed by atoms with Crippen LogP contribution in [0.5, 0.6) is 0 Å². The zero-order chi connectivity index (χ0) is 17.5. The number of rotatable bonds is 6. The Balaban J connectivity index is 4.50. The molecule has 7 nitrogen and oxygen atoms in total. The second-order valence-corrected chi connectivity index (χ2v) is 6.35. The maximum Gasteiger partial charge on any atom is 0.321 e. The van der Waals surface area contributed by atoms with Crippen molar-refractivity contribution in [3.05, 3.63) is 0 Å².